The van der Waals surface area contributed by atoms with E-state index in [4.69, 9.17) is 21.1 Å². The normalized spacial score (nSPS) is 26.7. The zero-order valence-electron chi connectivity index (χ0n) is 16.0. The van der Waals surface area contributed by atoms with Gasteiger partial charge in [-0.15, -0.1) is 0 Å². The molecule has 0 N–H and O–H groups in total. The van der Waals surface area contributed by atoms with Gasteiger partial charge in [0.25, 0.3) is 0 Å². The third kappa shape index (κ3) is 4.82. The van der Waals surface area contributed by atoms with Gasteiger partial charge in [-0.05, 0) is 69.1 Å². The van der Waals surface area contributed by atoms with Crippen LogP contribution in [0.15, 0.2) is 24.3 Å². The van der Waals surface area contributed by atoms with Crippen LogP contribution in [0.4, 0.5) is 4.79 Å². The topological polar surface area (TPSA) is 55.8 Å². The Morgan fingerprint density at radius 1 is 1.26 bits per heavy atom. The number of hydrogen-bond acceptors (Lipinski definition) is 4. The maximum Gasteiger partial charge on any atom is 0.416 e. The molecule has 0 unspecified atom stereocenters. The van der Waals surface area contributed by atoms with Gasteiger partial charge >= 0.3 is 6.09 Å². The van der Waals surface area contributed by atoms with Crippen molar-refractivity contribution >= 4 is 23.6 Å². The summed E-state index contributed by atoms with van der Waals surface area (Å²) in [5.41, 5.74) is 1.10. The van der Waals surface area contributed by atoms with Crippen LogP contribution in [0.2, 0.25) is 5.02 Å². The Bertz CT molecular complexity index is 655. The molecule has 5 nitrogen and oxygen atoms in total. The van der Waals surface area contributed by atoms with Crippen LogP contribution >= 0.6 is 11.6 Å². The molecule has 148 valence electrons. The number of benzene rings is 1. The van der Waals surface area contributed by atoms with E-state index in [0.29, 0.717) is 23.5 Å². The third-order valence-corrected chi connectivity index (χ3v) is 5.99. The molecule has 1 aliphatic carbocycles. The Balaban J connectivity index is 1.75. The quantitative estimate of drug-likeness (QED) is 0.698. The number of halogens is 1. The van der Waals surface area contributed by atoms with Gasteiger partial charge in [0.1, 0.15) is 6.61 Å². The minimum atomic E-state index is -0.526. The predicted molar refractivity (Wildman–Crippen MR) is 104 cm³/mol. The Morgan fingerprint density at radius 3 is 2.48 bits per heavy atom. The summed E-state index contributed by atoms with van der Waals surface area (Å²) in [7, 11) is 0. The molecule has 27 heavy (non-hydrogen) atoms. The van der Waals surface area contributed by atoms with Gasteiger partial charge in [-0.1, -0.05) is 23.7 Å². The second kappa shape index (κ2) is 9.07. The van der Waals surface area contributed by atoms with Crippen molar-refractivity contribution in [2.24, 2.45) is 5.92 Å². The first-order valence-corrected chi connectivity index (χ1v) is 10.2. The standard InChI is InChI=1S/C21H28ClNO4/c1-3-26-18-10-6-16(7-11-18)19(15-4-8-17(22)9-5-15)12-20(24)23-14(2)13-27-21(23)25/h4-5,8-9,14,16,18-19H,3,6-7,10-13H2,1-2H3/t14-,16-,18-,19+/m1/s1. The van der Waals surface area contributed by atoms with Crippen molar-refractivity contribution in [1.82, 2.24) is 4.90 Å². The molecule has 2 atom stereocenters. The highest BCUT2D eigenvalue weighted by Gasteiger charge is 2.38. The zero-order chi connectivity index (χ0) is 19.4. The molecule has 2 aliphatic rings. The molecular weight excluding hydrogens is 366 g/mol. The fourth-order valence-electron chi connectivity index (χ4n) is 4.31. The van der Waals surface area contributed by atoms with Crippen LogP contribution in [0.25, 0.3) is 0 Å². The highest BCUT2D eigenvalue weighted by Crippen LogP contribution is 2.40. The smallest absolute Gasteiger partial charge is 0.416 e. The number of amides is 2. The summed E-state index contributed by atoms with van der Waals surface area (Å²) < 4.78 is 10.8. The Kier molecular flexibility index (Phi) is 6.77. The van der Waals surface area contributed by atoms with Crippen molar-refractivity contribution in [3.05, 3.63) is 34.9 Å². The van der Waals surface area contributed by atoms with E-state index < -0.39 is 6.09 Å². The Morgan fingerprint density at radius 2 is 1.93 bits per heavy atom. The predicted octanol–water partition coefficient (Wildman–Crippen LogP) is 4.78. The molecule has 0 spiro atoms. The van der Waals surface area contributed by atoms with E-state index in [-0.39, 0.29) is 24.5 Å². The maximum absolute atomic E-state index is 12.9. The first kappa shape index (κ1) is 20.2. The minimum absolute atomic E-state index is 0.0675. The first-order chi connectivity index (χ1) is 13.0. The third-order valence-electron chi connectivity index (χ3n) is 5.74. The van der Waals surface area contributed by atoms with Crippen molar-refractivity contribution < 1.29 is 19.1 Å². The highest BCUT2D eigenvalue weighted by molar-refractivity contribution is 6.30. The number of ether oxygens (including phenoxy) is 2. The van der Waals surface area contributed by atoms with Gasteiger partial charge in [-0.3, -0.25) is 4.79 Å². The number of carbonyl (C=O) groups excluding carboxylic acids is 2. The average molecular weight is 394 g/mol. The summed E-state index contributed by atoms with van der Waals surface area (Å²) in [6.45, 7) is 4.88. The molecule has 1 heterocycles. The second-order valence-corrected chi connectivity index (χ2v) is 7.98. The summed E-state index contributed by atoms with van der Waals surface area (Å²) >= 11 is 6.05. The van der Waals surface area contributed by atoms with Crippen molar-refractivity contribution in [1.29, 1.82) is 0 Å². The number of imide groups is 1. The lowest BCUT2D eigenvalue weighted by atomic mass is 9.74. The van der Waals surface area contributed by atoms with Crippen LogP contribution in [-0.2, 0) is 14.3 Å². The Labute approximate surface area is 166 Å². The van der Waals surface area contributed by atoms with E-state index in [1.807, 2.05) is 38.1 Å². The van der Waals surface area contributed by atoms with Crippen LogP contribution in [-0.4, -0.2) is 42.3 Å². The first-order valence-electron chi connectivity index (χ1n) is 9.85. The number of hydrogen-bond donors (Lipinski definition) is 0. The molecule has 1 saturated heterocycles. The molecule has 1 aromatic rings. The lowest BCUT2D eigenvalue weighted by Crippen LogP contribution is -2.39. The molecular formula is C21H28ClNO4. The summed E-state index contributed by atoms with van der Waals surface area (Å²) in [6, 6.07) is 7.53. The summed E-state index contributed by atoms with van der Waals surface area (Å²) in [6.07, 6.45) is 4.17. The summed E-state index contributed by atoms with van der Waals surface area (Å²) in [4.78, 5) is 26.1. The molecule has 1 aliphatic heterocycles. The number of carbonyl (C=O) groups is 2. The largest absolute Gasteiger partial charge is 0.447 e. The molecule has 0 radical (unpaired) electrons. The molecule has 6 heteroatoms. The zero-order valence-corrected chi connectivity index (χ0v) is 16.8. The number of rotatable bonds is 6. The van der Waals surface area contributed by atoms with E-state index in [9.17, 15) is 9.59 Å². The summed E-state index contributed by atoms with van der Waals surface area (Å²) in [5, 5.41) is 0.681. The van der Waals surface area contributed by atoms with Gasteiger partial charge in [-0.25, -0.2) is 9.69 Å². The average Bonchev–Trinajstić information content (AvgIpc) is 3.00. The van der Waals surface area contributed by atoms with Crippen molar-refractivity contribution in [2.45, 2.75) is 64.0 Å². The van der Waals surface area contributed by atoms with E-state index in [0.717, 1.165) is 37.9 Å². The van der Waals surface area contributed by atoms with Gasteiger partial charge in [0.15, 0.2) is 0 Å². The van der Waals surface area contributed by atoms with Crippen LogP contribution in [0.3, 0.4) is 0 Å². The lowest BCUT2D eigenvalue weighted by Gasteiger charge is -2.34. The molecule has 2 fully saturated rings. The van der Waals surface area contributed by atoms with Crippen molar-refractivity contribution in [2.75, 3.05) is 13.2 Å². The van der Waals surface area contributed by atoms with Crippen molar-refractivity contribution in [3.8, 4) is 0 Å². The minimum Gasteiger partial charge on any atom is -0.447 e. The molecule has 0 aromatic heterocycles. The van der Waals surface area contributed by atoms with Gasteiger partial charge in [0, 0.05) is 18.1 Å². The van der Waals surface area contributed by atoms with Gasteiger partial charge in [-0.2, -0.15) is 0 Å². The van der Waals surface area contributed by atoms with E-state index in [2.05, 4.69) is 0 Å². The van der Waals surface area contributed by atoms with Gasteiger partial charge in [0.2, 0.25) is 5.91 Å². The molecule has 3 rings (SSSR count). The van der Waals surface area contributed by atoms with E-state index in [1.54, 1.807) is 0 Å². The van der Waals surface area contributed by atoms with Crippen LogP contribution < -0.4 is 0 Å². The molecule has 1 aromatic carbocycles. The fraction of sp³-hybridized carbons (Fsp3) is 0.619. The van der Waals surface area contributed by atoms with Crippen LogP contribution in [0, 0.1) is 5.92 Å². The monoisotopic (exact) mass is 393 g/mol. The molecule has 2 amide bonds. The van der Waals surface area contributed by atoms with Gasteiger partial charge < -0.3 is 9.47 Å². The highest BCUT2D eigenvalue weighted by atomic mass is 35.5. The molecule has 1 saturated carbocycles. The van der Waals surface area contributed by atoms with Crippen molar-refractivity contribution in [3.63, 3.8) is 0 Å². The fourth-order valence-corrected chi connectivity index (χ4v) is 4.44. The number of cyclic esters (lactones) is 1. The lowest BCUT2D eigenvalue weighted by molar-refractivity contribution is -0.129. The van der Waals surface area contributed by atoms with Crippen LogP contribution in [0.5, 0.6) is 0 Å². The van der Waals surface area contributed by atoms with Crippen LogP contribution in [0.1, 0.15) is 57.4 Å². The Hall–Kier alpha value is -1.59. The second-order valence-electron chi connectivity index (χ2n) is 7.54. The van der Waals surface area contributed by atoms with Gasteiger partial charge in [0.05, 0.1) is 12.1 Å². The SMILES string of the molecule is CCO[C@H]1CC[C@H]([C@@H](CC(=O)N2C(=O)OC[C@H]2C)c2ccc(Cl)cc2)CC1. The molecule has 0 bridgehead atoms. The maximum atomic E-state index is 12.9. The van der Waals surface area contributed by atoms with E-state index >= 15 is 0 Å². The number of nitrogens with zero attached hydrogens (tertiary/aromatic N) is 1. The summed E-state index contributed by atoms with van der Waals surface area (Å²) in [5.74, 6) is 0.301. The van der Waals surface area contributed by atoms with E-state index in [1.165, 1.54) is 4.90 Å².